The van der Waals surface area contributed by atoms with E-state index in [0.29, 0.717) is 90.4 Å². The van der Waals surface area contributed by atoms with Crippen LogP contribution in [0.3, 0.4) is 0 Å². The van der Waals surface area contributed by atoms with Crippen LogP contribution in [0.25, 0.3) is 21.5 Å². The summed E-state index contributed by atoms with van der Waals surface area (Å²) in [6.07, 6.45) is 6.13. The zero-order valence-electron chi connectivity index (χ0n) is 55.1. The van der Waals surface area contributed by atoms with Gasteiger partial charge in [0.1, 0.15) is 16.4 Å². The van der Waals surface area contributed by atoms with Crippen LogP contribution in [0, 0.1) is 0 Å². The van der Waals surface area contributed by atoms with E-state index < -0.39 is 104 Å². The third kappa shape index (κ3) is 21.1. The fourth-order valence-corrected chi connectivity index (χ4v) is 15.0. The molecular formula is C63H84N3O28S5+. The standard InChI is InChI=1S/C63H83N3O28S5/c1-44(9-15-55-62(2,19-7-39-95(70,71)72)60-49-40-45(96(73,74)75)42-53(98(79,80)81)47(49)12-14-52(60)65(55)22-24-88-30-32-92-37-38-93-36-34-90-28-26-86-5)10-16-56-63(3,20-23-87-29-31-91-35-33-89-27-25-85-4)61-50-41-46(97(76,77)78)43-54(99(82,83)84)48(50)11-13-51(61)64(56)21-6-8-59(69)94-66-57(67)17-18-58(66)68/h9-18,40-43H,6-8,19-39H2,1-5H3,(H6-,67,68,70,71,72,73,74,75,76,77,78,79,80,81,82,83,84)/p+1. The van der Waals surface area contributed by atoms with E-state index in [1.165, 1.54) is 24.3 Å². The minimum atomic E-state index is -5.21. The summed E-state index contributed by atoms with van der Waals surface area (Å²) in [5.41, 5.74) is -0.206. The predicted molar refractivity (Wildman–Crippen MR) is 358 cm³/mol. The molecule has 0 amide bonds. The van der Waals surface area contributed by atoms with Crippen LogP contribution in [-0.4, -0.2) is 235 Å². The number of hydrogen-bond acceptors (Lipinski definition) is 24. The number of ether oxygens (including phenoxy) is 9. The number of nitrogens with zero attached hydrogens (tertiary/aromatic N) is 3. The molecule has 5 aromatic rings. The van der Waals surface area contributed by atoms with Gasteiger partial charge in [-0.05, 0) is 105 Å². The molecule has 0 aliphatic carbocycles. The maximum absolute atomic E-state index is 13.3. The van der Waals surface area contributed by atoms with Crippen LogP contribution in [0.4, 0.5) is 11.4 Å². The van der Waals surface area contributed by atoms with Crippen LogP contribution >= 0.6 is 0 Å². The first-order chi connectivity index (χ1) is 46.7. The van der Waals surface area contributed by atoms with Gasteiger partial charge in [0.15, 0.2) is 12.3 Å². The number of carbonyl (C=O) groups excluding carboxylic acids is 1. The summed E-state index contributed by atoms with van der Waals surface area (Å²) < 4.78 is 233. The lowest BCUT2D eigenvalue weighted by Gasteiger charge is -2.31. The van der Waals surface area contributed by atoms with E-state index in [0.717, 1.165) is 24.3 Å². The topological polar surface area (TPSA) is 433 Å². The molecule has 99 heavy (non-hydrogen) atoms. The monoisotopic (exact) mass is 1490 g/mol. The highest BCUT2D eigenvalue weighted by molar-refractivity contribution is 7.87. The molecule has 0 bridgehead atoms. The van der Waals surface area contributed by atoms with Crippen LogP contribution < -0.4 is 9.74 Å². The van der Waals surface area contributed by atoms with E-state index in [4.69, 9.17) is 47.5 Å². The second-order valence-corrected chi connectivity index (χ2v) is 30.5. The number of benzene rings is 4. The lowest BCUT2D eigenvalue weighted by Crippen LogP contribution is -2.33. The number of carbonyl (C=O) groups is 1. The highest BCUT2D eigenvalue weighted by Crippen LogP contribution is 2.54. The van der Waals surface area contributed by atoms with Crippen molar-refractivity contribution in [3.8, 4) is 11.8 Å². The van der Waals surface area contributed by atoms with Gasteiger partial charge in [0.05, 0.1) is 113 Å². The summed E-state index contributed by atoms with van der Waals surface area (Å²) in [6, 6.07) is 11.3. The van der Waals surface area contributed by atoms with Gasteiger partial charge in [0.25, 0.3) is 50.6 Å². The molecule has 0 saturated heterocycles. The van der Waals surface area contributed by atoms with E-state index in [9.17, 15) is 79.9 Å². The third-order valence-electron chi connectivity index (χ3n) is 16.4. The summed E-state index contributed by atoms with van der Waals surface area (Å²) in [5.74, 6) is -2.78. The number of rotatable bonds is 43. The van der Waals surface area contributed by atoms with Gasteiger partial charge in [-0.2, -0.15) is 46.7 Å². The Morgan fingerprint density at radius 3 is 1.47 bits per heavy atom. The number of allylic oxidation sites excluding steroid dienone is 6. The predicted octanol–water partition coefficient (Wildman–Crippen LogP) is 5.62. The van der Waals surface area contributed by atoms with Crippen molar-refractivity contribution in [3.05, 3.63) is 107 Å². The number of anilines is 1. The number of aromatic nitrogens is 1. The molecule has 4 aromatic carbocycles. The molecule has 36 heteroatoms. The minimum Gasteiger partial charge on any atom is -0.492 e. The van der Waals surface area contributed by atoms with Crippen molar-refractivity contribution < 1.29 is 132 Å². The van der Waals surface area contributed by atoms with Gasteiger partial charge in [0, 0.05) is 91.2 Å². The molecule has 1 aromatic heterocycles. The Labute approximate surface area is 574 Å². The highest BCUT2D eigenvalue weighted by Gasteiger charge is 2.50. The molecule has 0 saturated carbocycles. The lowest BCUT2D eigenvalue weighted by molar-refractivity contribution is -0.442. The smallest absolute Gasteiger partial charge is 0.333 e. The minimum absolute atomic E-state index is 0.00526. The van der Waals surface area contributed by atoms with Crippen LogP contribution in [0.2, 0.25) is 0 Å². The second kappa shape index (κ2) is 35.0. The molecule has 7 rings (SSSR count). The average molecular weight is 1490 g/mol. The summed E-state index contributed by atoms with van der Waals surface area (Å²) in [4.78, 5) is 16.9. The molecule has 7 N–H and O–H groups in total. The van der Waals surface area contributed by atoms with Crippen molar-refractivity contribution in [2.24, 2.45) is 0 Å². The normalized spacial score (nSPS) is 17.5. The van der Waals surface area contributed by atoms with Crippen molar-refractivity contribution in [3.63, 3.8) is 0 Å². The summed E-state index contributed by atoms with van der Waals surface area (Å²) in [5, 5.41) is 20.0. The maximum Gasteiger partial charge on any atom is 0.333 e. The maximum atomic E-state index is 13.3. The first-order valence-corrected chi connectivity index (χ1v) is 38.4. The Balaban J connectivity index is 1.35. The Hall–Kier alpha value is -6.37. The van der Waals surface area contributed by atoms with Crippen LogP contribution in [0.1, 0.15) is 64.0 Å². The summed E-state index contributed by atoms with van der Waals surface area (Å²) in [6.45, 7) is 8.92. The van der Waals surface area contributed by atoms with Crippen molar-refractivity contribution in [1.29, 1.82) is 0 Å². The molecule has 0 spiro atoms. The first kappa shape index (κ1) is 79.9. The van der Waals surface area contributed by atoms with E-state index in [-0.39, 0.29) is 138 Å². The van der Waals surface area contributed by atoms with E-state index >= 15 is 0 Å². The van der Waals surface area contributed by atoms with Gasteiger partial charge in [-0.25, -0.2) is 4.79 Å². The second-order valence-electron chi connectivity index (χ2n) is 23.3. The molecule has 0 fully saturated rings. The molecule has 0 radical (unpaired) electrons. The van der Waals surface area contributed by atoms with Crippen LogP contribution in [0.5, 0.6) is 11.8 Å². The molecule has 3 heterocycles. The fourth-order valence-electron chi connectivity index (χ4n) is 11.8. The number of hydrogen-bond donors (Lipinski definition) is 7. The Morgan fingerprint density at radius 1 is 0.535 bits per heavy atom. The SMILES string of the molecule is COCCOCCOCCOCCOCC[N+]1=C(C=CC(C)=CC=C2N(CCCC(=O)On3c(O)ccc3O)c3ccc4c(S(=O)(=O)O)cc(S(=O)(=O)O)cc4c3C2(C)CCOCCOCCOCCOC)C(C)(CCCS(=O)(=O)O)c2c1ccc1c(S(=O)(=O)O)cc(S(=O)(=O)O)cc21. The molecule has 31 nitrogen and oxygen atoms in total. The van der Waals surface area contributed by atoms with Gasteiger partial charge in [-0.3, -0.25) is 22.8 Å². The highest BCUT2D eigenvalue weighted by atomic mass is 32.2. The van der Waals surface area contributed by atoms with Gasteiger partial charge in [0.2, 0.25) is 17.4 Å². The Morgan fingerprint density at radius 2 is 1.00 bits per heavy atom. The summed E-state index contributed by atoms with van der Waals surface area (Å²) in [7, 11) is -22.2. The van der Waals surface area contributed by atoms with E-state index in [1.807, 2.05) is 0 Å². The fraction of sp³-hybridized carbons (Fsp3) is 0.492. The van der Waals surface area contributed by atoms with Crippen molar-refractivity contribution in [2.75, 3.05) is 144 Å². The molecule has 2 aliphatic heterocycles. The lowest BCUT2D eigenvalue weighted by atomic mass is 9.74. The van der Waals surface area contributed by atoms with Gasteiger partial charge in [-0.15, -0.1) is 4.73 Å². The molecular weight excluding hydrogens is 1410 g/mol. The van der Waals surface area contributed by atoms with Crippen LogP contribution in [0.15, 0.2) is 116 Å². The zero-order valence-corrected chi connectivity index (χ0v) is 59.2. The quantitative estimate of drug-likeness (QED) is 0.0108. The van der Waals surface area contributed by atoms with Gasteiger partial charge < -0.3 is 62.6 Å². The largest absolute Gasteiger partial charge is 0.492 e. The van der Waals surface area contributed by atoms with Crippen LogP contribution in [-0.2, 0) is 109 Å². The van der Waals surface area contributed by atoms with Gasteiger partial charge in [-0.1, -0.05) is 23.8 Å². The van der Waals surface area contributed by atoms with E-state index in [1.54, 1.807) is 68.8 Å². The zero-order chi connectivity index (χ0) is 72.6. The molecule has 2 atom stereocenters. The van der Waals surface area contributed by atoms with E-state index in [2.05, 4.69) is 0 Å². The number of methoxy groups -OCH3 is 2. The molecule has 2 aliphatic rings. The van der Waals surface area contributed by atoms with Crippen molar-refractivity contribution in [2.45, 2.75) is 83.3 Å². The summed E-state index contributed by atoms with van der Waals surface area (Å²) >= 11 is 0. The Bertz CT molecular complexity index is 4400. The molecule has 2 unspecified atom stereocenters. The van der Waals surface area contributed by atoms with Crippen molar-refractivity contribution >= 4 is 95.2 Å². The third-order valence-corrected chi connectivity index (χ3v) is 20.7. The van der Waals surface area contributed by atoms with Gasteiger partial charge >= 0.3 is 5.97 Å². The van der Waals surface area contributed by atoms with Crippen molar-refractivity contribution in [1.82, 2.24) is 4.73 Å². The number of aromatic hydroxyl groups is 2. The average Bonchev–Trinajstić information content (AvgIpc) is 1.58. The molecule has 548 valence electrons. The number of fused-ring (bicyclic) bond motifs is 6. The first-order valence-electron chi connectivity index (χ1n) is 31.1. The Kier molecular flexibility index (Phi) is 28.3.